The molecule has 128 valence electrons. The van der Waals surface area contributed by atoms with E-state index < -0.39 is 0 Å². The van der Waals surface area contributed by atoms with Crippen molar-refractivity contribution in [1.29, 1.82) is 0 Å². The Morgan fingerprint density at radius 3 is 2.91 bits per heavy atom. The van der Waals surface area contributed by atoms with Crippen LogP contribution < -0.4 is 5.32 Å². The summed E-state index contributed by atoms with van der Waals surface area (Å²) in [6.45, 7) is 7.19. The maximum atomic E-state index is 12.7. The van der Waals surface area contributed by atoms with Crippen LogP contribution in [0.2, 0.25) is 0 Å². The molecule has 2 aliphatic heterocycles. The largest absolute Gasteiger partial charge is 0.348 e. The molecule has 6 heteroatoms. The van der Waals surface area contributed by atoms with Gasteiger partial charge in [-0.2, -0.15) is 0 Å². The van der Waals surface area contributed by atoms with Gasteiger partial charge in [-0.25, -0.2) is 4.98 Å². The molecule has 0 unspecified atom stereocenters. The monoisotopic (exact) mass is 336 g/mol. The molecule has 2 fully saturated rings. The van der Waals surface area contributed by atoms with Gasteiger partial charge in [-0.3, -0.25) is 9.69 Å². The summed E-state index contributed by atoms with van der Waals surface area (Å²) in [5, 5.41) is 6.03. The molecule has 0 saturated carbocycles. The van der Waals surface area contributed by atoms with Crippen LogP contribution in [0.15, 0.2) is 11.6 Å². The van der Waals surface area contributed by atoms with Crippen LogP contribution in [0.5, 0.6) is 0 Å². The predicted molar refractivity (Wildman–Crippen MR) is 93.4 cm³/mol. The number of nitrogens with one attached hydrogen (secondary N) is 1. The molecule has 1 atom stereocenters. The quantitative estimate of drug-likeness (QED) is 0.893. The molecule has 3 heterocycles. The lowest BCUT2D eigenvalue weighted by Crippen LogP contribution is -2.43. The van der Waals surface area contributed by atoms with Crippen molar-refractivity contribution in [2.45, 2.75) is 45.2 Å². The van der Waals surface area contributed by atoms with Crippen LogP contribution in [0.1, 0.15) is 37.6 Å². The van der Waals surface area contributed by atoms with Crippen molar-refractivity contribution in [2.75, 3.05) is 33.2 Å². The molecule has 0 aromatic carbocycles. The summed E-state index contributed by atoms with van der Waals surface area (Å²) in [6.07, 6.45) is 6.36. The summed E-state index contributed by atoms with van der Waals surface area (Å²) < 4.78 is 0. The molecule has 1 aromatic heterocycles. The SMILES string of the molecule is CCCN1CC2(CCN(C)CC2)C[C@H]1C(=O)NCc1nccs1. The van der Waals surface area contributed by atoms with Gasteiger partial charge in [0.2, 0.25) is 5.91 Å². The summed E-state index contributed by atoms with van der Waals surface area (Å²) in [5.41, 5.74) is 0.352. The van der Waals surface area contributed by atoms with Crippen molar-refractivity contribution >= 4 is 17.2 Å². The summed E-state index contributed by atoms with van der Waals surface area (Å²) in [7, 11) is 2.20. The lowest BCUT2D eigenvalue weighted by Gasteiger charge is -2.37. The Bertz CT molecular complexity index is 511. The highest BCUT2D eigenvalue weighted by Crippen LogP contribution is 2.43. The fourth-order valence-electron chi connectivity index (χ4n) is 4.00. The van der Waals surface area contributed by atoms with E-state index in [4.69, 9.17) is 0 Å². The number of aromatic nitrogens is 1. The van der Waals surface area contributed by atoms with E-state index in [0.717, 1.165) is 44.0 Å². The second kappa shape index (κ2) is 7.28. The third-order valence-electron chi connectivity index (χ3n) is 5.36. The van der Waals surface area contributed by atoms with Gasteiger partial charge in [-0.1, -0.05) is 6.92 Å². The zero-order chi connectivity index (χ0) is 16.3. The average molecular weight is 337 g/mol. The van der Waals surface area contributed by atoms with Crippen molar-refractivity contribution in [3.8, 4) is 0 Å². The fraction of sp³-hybridized carbons (Fsp3) is 0.765. The molecule has 0 radical (unpaired) electrons. The summed E-state index contributed by atoms with van der Waals surface area (Å²) in [4.78, 5) is 21.8. The molecule has 1 N–H and O–H groups in total. The van der Waals surface area contributed by atoms with Gasteiger partial charge in [0.15, 0.2) is 0 Å². The van der Waals surface area contributed by atoms with Crippen molar-refractivity contribution in [3.05, 3.63) is 16.6 Å². The third kappa shape index (κ3) is 3.92. The Kier molecular flexibility index (Phi) is 5.34. The van der Waals surface area contributed by atoms with Gasteiger partial charge in [0.1, 0.15) is 5.01 Å². The van der Waals surface area contributed by atoms with Gasteiger partial charge < -0.3 is 10.2 Å². The van der Waals surface area contributed by atoms with Crippen LogP contribution in [0.4, 0.5) is 0 Å². The maximum absolute atomic E-state index is 12.7. The highest BCUT2D eigenvalue weighted by molar-refractivity contribution is 7.09. The van der Waals surface area contributed by atoms with Gasteiger partial charge in [-0.15, -0.1) is 11.3 Å². The molecule has 1 spiro atoms. The number of carbonyl (C=O) groups excluding carboxylic acids is 1. The first-order chi connectivity index (χ1) is 11.1. The van der Waals surface area contributed by atoms with E-state index in [9.17, 15) is 4.79 Å². The summed E-state index contributed by atoms with van der Waals surface area (Å²) in [5.74, 6) is 0.185. The number of amides is 1. The summed E-state index contributed by atoms with van der Waals surface area (Å²) >= 11 is 1.60. The smallest absolute Gasteiger partial charge is 0.237 e. The first-order valence-corrected chi connectivity index (χ1v) is 9.58. The first kappa shape index (κ1) is 16.9. The van der Waals surface area contributed by atoms with E-state index in [1.54, 1.807) is 17.5 Å². The number of likely N-dealkylation sites (tertiary alicyclic amines) is 2. The van der Waals surface area contributed by atoms with E-state index in [-0.39, 0.29) is 11.9 Å². The number of piperidine rings is 1. The van der Waals surface area contributed by atoms with Gasteiger partial charge in [0, 0.05) is 18.1 Å². The Morgan fingerprint density at radius 1 is 1.48 bits per heavy atom. The minimum Gasteiger partial charge on any atom is -0.348 e. The van der Waals surface area contributed by atoms with Crippen molar-refractivity contribution in [2.24, 2.45) is 5.41 Å². The molecule has 2 aliphatic rings. The Labute approximate surface area is 143 Å². The second-order valence-corrected chi connectivity index (χ2v) is 8.12. The van der Waals surface area contributed by atoms with Crippen LogP contribution in [-0.2, 0) is 11.3 Å². The topological polar surface area (TPSA) is 48.5 Å². The lowest BCUT2D eigenvalue weighted by atomic mass is 9.76. The minimum absolute atomic E-state index is 0.0401. The molecule has 3 rings (SSSR count). The van der Waals surface area contributed by atoms with Crippen LogP contribution in [-0.4, -0.2) is 60.0 Å². The Hall–Kier alpha value is -0.980. The van der Waals surface area contributed by atoms with E-state index >= 15 is 0 Å². The maximum Gasteiger partial charge on any atom is 0.237 e. The number of carbonyl (C=O) groups is 1. The van der Waals surface area contributed by atoms with E-state index in [2.05, 4.69) is 34.1 Å². The van der Waals surface area contributed by atoms with E-state index in [0.29, 0.717) is 12.0 Å². The molecule has 1 aromatic rings. The van der Waals surface area contributed by atoms with Crippen LogP contribution in [0.3, 0.4) is 0 Å². The molecule has 5 nitrogen and oxygen atoms in total. The molecule has 0 aliphatic carbocycles. The van der Waals surface area contributed by atoms with Crippen LogP contribution in [0, 0.1) is 5.41 Å². The number of rotatable bonds is 5. The normalized spacial score (nSPS) is 25.0. The lowest BCUT2D eigenvalue weighted by molar-refractivity contribution is -0.125. The number of nitrogens with zero attached hydrogens (tertiary/aromatic N) is 3. The number of hydrogen-bond acceptors (Lipinski definition) is 5. The standard InChI is InChI=1S/C17H28N4OS/c1-3-7-21-13-17(4-8-20(2)9-5-17)11-14(21)16(22)19-12-15-18-6-10-23-15/h6,10,14H,3-5,7-9,11-13H2,1-2H3,(H,19,22)/t14-/m0/s1. The van der Waals surface area contributed by atoms with Crippen molar-refractivity contribution in [3.63, 3.8) is 0 Å². The fourth-order valence-corrected chi connectivity index (χ4v) is 4.56. The van der Waals surface area contributed by atoms with Crippen molar-refractivity contribution < 1.29 is 4.79 Å². The van der Waals surface area contributed by atoms with Gasteiger partial charge in [-0.05, 0) is 57.8 Å². The Balaban J connectivity index is 1.62. The van der Waals surface area contributed by atoms with E-state index in [1.165, 1.54) is 12.8 Å². The van der Waals surface area contributed by atoms with Crippen LogP contribution >= 0.6 is 11.3 Å². The molecule has 23 heavy (non-hydrogen) atoms. The van der Waals surface area contributed by atoms with Gasteiger partial charge in [0.05, 0.1) is 12.6 Å². The molecule has 0 bridgehead atoms. The molecule has 2 saturated heterocycles. The second-order valence-electron chi connectivity index (χ2n) is 7.14. The summed E-state index contributed by atoms with van der Waals surface area (Å²) in [6, 6.07) is 0.0401. The minimum atomic E-state index is 0.0401. The number of hydrogen-bond donors (Lipinski definition) is 1. The number of thiazole rings is 1. The molecular formula is C17H28N4OS. The highest BCUT2D eigenvalue weighted by Gasteiger charge is 2.47. The molecule has 1 amide bonds. The van der Waals surface area contributed by atoms with E-state index in [1.807, 2.05) is 5.38 Å². The van der Waals surface area contributed by atoms with Gasteiger partial charge >= 0.3 is 0 Å². The average Bonchev–Trinajstić information content (AvgIpc) is 3.17. The first-order valence-electron chi connectivity index (χ1n) is 8.70. The molecular weight excluding hydrogens is 308 g/mol. The third-order valence-corrected chi connectivity index (χ3v) is 6.14. The highest BCUT2D eigenvalue weighted by atomic mass is 32.1. The van der Waals surface area contributed by atoms with Gasteiger partial charge in [0.25, 0.3) is 0 Å². The predicted octanol–water partition coefficient (Wildman–Crippen LogP) is 1.96. The Morgan fingerprint density at radius 2 is 2.26 bits per heavy atom. The van der Waals surface area contributed by atoms with Crippen molar-refractivity contribution in [1.82, 2.24) is 20.1 Å². The zero-order valence-electron chi connectivity index (χ0n) is 14.3. The van der Waals surface area contributed by atoms with Crippen LogP contribution in [0.25, 0.3) is 0 Å². The zero-order valence-corrected chi connectivity index (χ0v) is 15.1.